The Bertz CT molecular complexity index is 834. The molecule has 0 radical (unpaired) electrons. The molecule has 0 bridgehead atoms. The van der Waals surface area contributed by atoms with Crippen LogP contribution in [0, 0.1) is 13.8 Å². The van der Waals surface area contributed by atoms with Gasteiger partial charge in [0, 0.05) is 17.1 Å². The molecule has 5 heteroatoms. The van der Waals surface area contributed by atoms with Gasteiger partial charge in [0.2, 0.25) is 0 Å². The third-order valence-electron chi connectivity index (χ3n) is 4.01. The number of amides is 2. The van der Waals surface area contributed by atoms with Crippen LogP contribution in [0.25, 0.3) is 11.8 Å². The van der Waals surface area contributed by atoms with Crippen LogP contribution in [-0.4, -0.2) is 15.7 Å². The molecular weight excluding hydrogens is 308 g/mol. The van der Waals surface area contributed by atoms with Crippen LogP contribution in [0.15, 0.2) is 35.2 Å². The Labute approximate surface area is 139 Å². The number of para-hydroxylation sites is 1. The number of rotatable bonds is 3. The van der Waals surface area contributed by atoms with E-state index >= 15 is 0 Å². The molecule has 1 aliphatic heterocycles. The molecule has 23 heavy (non-hydrogen) atoms. The van der Waals surface area contributed by atoms with Crippen molar-refractivity contribution in [3.8, 4) is 5.69 Å². The van der Waals surface area contributed by atoms with Gasteiger partial charge in [0.05, 0.1) is 4.91 Å². The predicted octanol–water partition coefficient (Wildman–Crippen LogP) is 3.98. The lowest BCUT2D eigenvalue weighted by Gasteiger charge is -2.13. The van der Waals surface area contributed by atoms with E-state index in [2.05, 4.69) is 35.9 Å². The first-order chi connectivity index (χ1) is 11.0. The number of aromatic nitrogens is 1. The van der Waals surface area contributed by atoms with Crippen molar-refractivity contribution in [1.82, 2.24) is 9.88 Å². The number of hydrogen-bond acceptors (Lipinski definition) is 3. The molecule has 0 spiro atoms. The van der Waals surface area contributed by atoms with E-state index in [1.165, 1.54) is 5.56 Å². The average molecular weight is 326 g/mol. The van der Waals surface area contributed by atoms with Crippen LogP contribution in [0.1, 0.15) is 29.4 Å². The van der Waals surface area contributed by atoms with Crippen molar-refractivity contribution in [2.45, 2.75) is 27.2 Å². The lowest BCUT2D eigenvalue weighted by molar-refractivity contribution is -0.115. The highest BCUT2D eigenvalue weighted by molar-refractivity contribution is 8.18. The number of nitrogens with one attached hydrogen (secondary N) is 1. The molecule has 1 aliphatic rings. The van der Waals surface area contributed by atoms with Gasteiger partial charge >= 0.3 is 0 Å². The van der Waals surface area contributed by atoms with Crippen molar-refractivity contribution < 1.29 is 9.59 Å². The van der Waals surface area contributed by atoms with Gasteiger partial charge in [-0.1, -0.05) is 25.1 Å². The summed E-state index contributed by atoms with van der Waals surface area (Å²) in [6.07, 6.45) is 2.74. The van der Waals surface area contributed by atoms with Crippen molar-refractivity contribution in [3.05, 3.63) is 57.8 Å². The quantitative estimate of drug-likeness (QED) is 0.868. The van der Waals surface area contributed by atoms with Crippen LogP contribution in [0.4, 0.5) is 4.79 Å². The molecule has 0 saturated carbocycles. The first kappa shape index (κ1) is 15.6. The Morgan fingerprint density at radius 3 is 2.61 bits per heavy atom. The molecule has 3 rings (SSSR count). The molecule has 4 nitrogen and oxygen atoms in total. The average Bonchev–Trinajstić information content (AvgIpc) is 2.98. The fourth-order valence-electron chi connectivity index (χ4n) is 2.89. The van der Waals surface area contributed by atoms with Crippen molar-refractivity contribution in [2.24, 2.45) is 0 Å². The molecule has 0 aliphatic carbocycles. The number of aryl methyl sites for hydroxylation is 2. The van der Waals surface area contributed by atoms with Crippen LogP contribution >= 0.6 is 11.8 Å². The smallest absolute Gasteiger partial charge is 0.290 e. The minimum Gasteiger partial charge on any atom is -0.318 e. The van der Waals surface area contributed by atoms with E-state index in [0.29, 0.717) is 4.91 Å². The maximum Gasteiger partial charge on any atom is 0.290 e. The molecule has 1 saturated heterocycles. The minimum atomic E-state index is -0.321. The second kappa shape index (κ2) is 6.08. The van der Waals surface area contributed by atoms with Gasteiger partial charge in [0.1, 0.15) is 0 Å². The number of imide groups is 1. The lowest BCUT2D eigenvalue weighted by atomic mass is 10.1. The number of hydrogen-bond donors (Lipinski definition) is 1. The molecule has 1 aromatic carbocycles. The Balaban J connectivity index is 2.09. The highest BCUT2D eigenvalue weighted by Crippen LogP contribution is 2.29. The molecule has 2 heterocycles. The summed E-state index contributed by atoms with van der Waals surface area (Å²) in [4.78, 5) is 23.5. The van der Waals surface area contributed by atoms with Crippen molar-refractivity contribution in [2.75, 3.05) is 0 Å². The number of thioether (sulfide) groups is 1. The summed E-state index contributed by atoms with van der Waals surface area (Å²) in [6, 6.07) is 10.4. The summed E-state index contributed by atoms with van der Waals surface area (Å²) >= 11 is 0.948. The van der Waals surface area contributed by atoms with E-state index in [4.69, 9.17) is 0 Å². The molecule has 0 atom stereocenters. The summed E-state index contributed by atoms with van der Waals surface area (Å²) < 4.78 is 2.20. The van der Waals surface area contributed by atoms with E-state index in [-0.39, 0.29) is 11.1 Å². The molecule has 1 N–H and O–H groups in total. The Morgan fingerprint density at radius 1 is 1.22 bits per heavy atom. The van der Waals surface area contributed by atoms with Crippen LogP contribution in [-0.2, 0) is 11.2 Å². The molecule has 0 unspecified atom stereocenters. The van der Waals surface area contributed by atoms with Crippen molar-refractivity contribution in [3.63, 3.8) is 0 Å². The Kier molecular flexibility index (Phi) is 4.13. The maximum atomic E-state index is 11.7. The highest BCUT2D eigenvalue weighted by atomic mass is 32.2. The summed E-state index contributed by atoms with van der Waals surface area (Å²) in [7, 11) is 0. The third kappa shape index (κ3) is 2.84. The van der Waals surface area contributed by atoms with Gasteiger partial charge in [-0.15, -0.1) is 0 Å². The van der Waals surface area contributed by atoms with Crippen molar-refractivity contribution in [1.29, 1.82) is 0 Å². The van der Waals surface area contributed by atoms with E-state index in [1.807, 2.05) is 25.1 Å². The fourth-order valence-corrected chi connectivity index (χ4v) is 3.57. The summed E-state index contributed by atoms with van der Waals surface area (Å²) in [6.45, 7) is 6.22. The van der Waals surface area contributed by atoms with Gasteiger partial charge < -0.3 is 4.57 Å². The summed E-state index contributed by atoms with van der Waals surface area (Å²) in [5.41, 5.74) is 5.56. The largest absolute Gasteiger partial charge is 0.318 e. The van der Waals surface area contributed by atoms with Crippen LogP contribution in [0.2, 0.25) is 0 Å². The van der Waals surface area contributed by atoms with Crippen LogP contribution in [0.5, 0.6) is 0 Å². The van der Waals surface area contributed by atoms with E-state index in [0.717, 1.165) is 40.8 Å². The van der Waals surface area contributed by atoms with Gasteiger partial charge in [0.15, 0.2) is 0 Å². The molecule has 1 aromatic heterocycles. The van der Waals surface area contributed by atoms with Crippen molar-refractivity contribution >= 4 is 29.0 Å². The molecular formula is C18H18N2O2S. The SMILES string of the molecule is CCc1ccccc1-n1c(C)cc(/C=C2/SC(=O)NC2=O)c1C. The lowest BCUT2D eigenvalue weighted by Crippen LogP contribution is -2.17. The second-order valence-corrected chi connectivity index (χ2v) is 6.51. The molecule has 2 aromatic rings. The zero-order chi connectivity index (χ0) is 16.6. The number of benzene rings is 1. The zero-order valence-corrected chi connectivity index (χ0v) is 14.2. The Morgan fingerprint density at radius 2 is 1.96 bits per heavy atom. The van der Waals surface area contributed by atoms with Gasteiger partial charge in [-0.25, -0.2) is 0 Å². The zero-order valence-electron chi connectivity index (χ0n) is 13.3. The highest BCUT2D eigenvalue weighted by Gasteiger charge is 2.25. The van der Waals surface area contributed by atoms with E-state index in [9.17, 15) is 9.59 Å². The van der Waals surface area contributed by atoms with E-state index in [1.54, 1.807) is 6.08 Å². The predicted molar refractivity (Wildman–Crippen MR) is 93.7 cm³/mol. The summed E-state index contributed by atoms with van der Waals surface area (Å²) in [5.74, 6) is -0.321. The first-order valence-corrected chi connectivity index (χ1v) is 8.35. The maximum absolute atomic E-state index is 11.7. The van der Waals surface area contributed by atoms with Gasteiger partial charge in [0.25, 0.3) is 11.1 Å². The normalized spacial score (nSPS) is 16.2. The van der Waals surface area contributed by atoms with Gasteiger partial charge in [-0.3, -0.25) is 14.9 Å². The molecule has 1 fully saturated rings. The summed E-state index contributed by atoms with van der Waals surface area (Å²) in [5, 5.41) is 1.97. The van der Waals surface area contributed by atoms with Gasteiger partial charge in [-0.2, -0.15) is 0 Å². The second-order valence-electron chi connectivity index (χ2n) is 5.50. The van der Waals surface area contributed by atoms with Crippen LogP contribution < -0.4 is 5.32 Å². The number of carbonyl (C=O) groups excluding carboxylic acids is 2. The third-order valence-corrected chi connectivity index (χ3v) is 4.82. The monoisotopic (exact) mass is 326 g/mol. The Hall–Kier alpha value is -2.27. The van der Waals surface area contributed by atoms with Crippen LogP contribution in [0.3, 0.4) is 0 Å². The molecule has 118 valence electrons. The topological polar surface area (TPSA) is 51.1 Å². The number of nitrogens with zero attached hydrogens (tertiary/aromatic N) is 1. The first-order valence-electron chi connectivity index (χ1n) is 7.53. The minimum absolute atomic E-state index is 0.314. The van der Waals surface area contributed by atoms with E-state index < -0.39 is 0 Å². The fraction of sp³-hybridized carbons (Fsp3) is 0.222. The standard InChI is InChI=1S/C18H18N2O2S/c1-4-13-7-5-6-8-15(13)20-11(2)9-14(12(20)3)10-16-17(21)19-18(22)23-16/h5-10H,4H2,1-3H3,(H,19,21,22)/b16-10+. The van der Waals surface area contributed by atoms with Gasteiger partial charge in [-0.05, 0) is 61.4 Å². The molecule has 2 amide bonds. The number of carbonyl (C=O) groups is 2.